The number of hydrogen-bond donors (Lipinski definition) is 2. The summed E-state index contributed by atoms with van der Waals surface area (Å²) >= 11 is 0. The molecular formula is C23H29N3O2. The van der Waals surface area contributed by atoms with Crippen LogP contribution in [0.2, 0.25) is 0 Å². The number of carbonyl (C=O) groups is 2. The summed E-state index contributed by atoms with van der Waals surface area (Å²) in [5.41, 5.74) is 5.71. The number of amides is 2. The molecule has 28 heavy (non-hydrogen) atoms. The van der Waals surface area contributed by atoms with Crippen molar-refractivity contribution in [3.8, 4) is 0 Å². The highest BCUT2D eigenvalue weighted by Crippen LogP contribution is 2.12. The highest BCUT2D eigenvalue weighted by Gasteiger charge is 2.09. The molecule has 2 N–H and O–H groups in total. The summed E-state index contributed by atoms with van der Waals surface area (Å²) in [6.07, 6.45) is 3.34. The van der Waals surface area contributed by atoms with Gasteiger partial charge in [0.15, 0.2) is 0 Å². The summed E-state index contributed by atoms with van der Waals surface area (Å²) in [5, 5.41) is 7.19. The largest absolute Gasteiger partial charge is 0.326 e. The Morgan fingerprint density at radius 2 is 1.64 bits per heavy atom. The number of benzene rings is 2. The number of unbranched alkanes of at least 4 members (excludes halogenated alkanes) is 1. The number of rotatable bonds is 9. The first kappa shape index (κ1) is 21.4. The van der Waals surface area contributed by atoms with Gasteiger partial charge in [-0.15, -0.1) is 0 Å². The van der Waals surface area contributed by atoms with Crippen molar-refractivity contribution in [1.82, 2.24) is 5.43 Å². The first-order chi connectivity index (χ1) is 13.5. The molecule has 2 amide bonds. The highest BCUT2D eigenvalue weighted by atomic mass is 16.2. The van der Waals surface area contributed by atoms with E-state index in [0.717, 1.165) is 30.5 Å². The van der Waals surface area contributed by atoms with Crippen LogP contribution < -0.4 is 10.7 Å². The molecule has 0 aromatic heterocycles. The van der Waals surface area contributed by atoms with Crippen molar-refractivity contribution in [1.29, 1.82) is 0 Å². The Hall–Kier alpha value is -2.95. The molecule has 0 heterocycles. The Morgan fingerprint density at radius 3 is 2.25 bits per heavy atom. The van der Waals surface area contributed by atoms with Gasteiger partial charge < -0.3 is 5.32 Å². The minimum Gasteiger partial charge on any atom is -0.326 e. The van der Waals surface area contributed by atoms with Gasteiger partial charge in [0.05, 0.1) is 5.71 Å². The number of hydrazone groups is 1. The van der Waals surface area contributed by atoms with Crippen LogP contribution in [0.15, 0.2) is 59.7 Å². The minimum absolute atomic E-state index is 0.0276. The molecule has 0 spiro atoms. The maximum Gasteiger partial charge on any atom is 0.271 e. The quantitative estimate of drug-likeness (QED) is 0.476. The van der Waals surface area contributed by atoms with E-state index in [1.54, 1.807) is 24.3 Å². The molecule has 0 unspecified atom stereocenters. The number of nitrogens with zero attached hydrogens (tertiary/aromatic N) is 1. The lowest BCUT2D eigenvalue weighted by molar-refractivity contribution is -0.116. The normalized spacial score (nSPS) is 11.4. The van der Waals surface area contributed by atoms with E-state index in [-0.39, 0.29) is 11.8 Å². The Bertz CT molecular complexity index is 796. The van der Waals surface area contributed by atoms with Gasteiger partial charge in [0, 0.05) is 17.7 Å². The molecule has 148 valence electrons. The second-order valence-electron chi connectivity index (χ2n) is 7.19. The highest BCUT2D eigenvalue weighted by molar-refractivity contribution is 6.02. The first-order valence-corrected chi connectivity index (χ1v) is 9.81. The molecule has 5 heteroatoms. The van der Waals surface area contributed by atoms with Crippen molar-refractivity contribution in [3.05, 3.63) is 65.7 Å². The Labute approximate surface area is 167 Å². The van der Waals surface area contributed by atoms with Crippen LogP contribution in [0.4, 0.5) is 5.69 Å². The number of anilines is 1. The molecule has 0 aliphatic carbocycles. The topological polar surface area (TPSA) is 70.6 Å². The summed E-state index contributed by atoms with van der Waals surface area (Å²) in [5.74, 6) is -0.000327. The number of hydrogen-bond acceptors (Lipinski definition) is 3. The maximum atomic E-state index is 12.4. The van der Waals surface area contributed by atoms with E-state index >= 15 is 0 Å². The molecule has 2 rings (SSSR count). The summed E-state index contributed by atoms with van der Waals surface area (Å²) in [6.45, 7) is 6.12. The molecule has 0 aliphatic rings. The lowest BCUT2D eigenvalue weighted by Gasteiger charge is -2.09. The van der Waals surface area contributed by atoms with E-state index in [1.165, 1.54) is 0 Å². The van der Waals surface area contributed by atoms with Crippen molar-refractivity contribution in [3.63, 3.8) is 0 Å². The minimum atomic E-state index is -0.273. The van der Waals surface area contributed by atoms with Gasteiger partial charge in [0.25, 0.3) is 5.91 Å². The molecule has 2 aromatic carbocycles. The molecule has 0 aliphatic heterocycles. The first-order valence-electron chi connectivity index (χ1n) is 9.81. The average Bonchev–Trinajstić information content (AvgIpc) is 2.68. The SMILES string of the molecule is CCCC/C(=N\NC(=O)c1ccc(NC(=O)CC(C)C)cc1)c1ccccc1. The second-order valence-corrected chi connectivity index (χ2v) is 7.19. The standard InChI is InChI=1S/C23H29N3O2/c1-4-5-11-21(18-9-7-6-8-10-18)25-26-23(28)19-12-14-20(15-13-19)24-22(27)16-17(2)3/h6-10,12-15,17H,4-5,11,16H2,1-3H3,(H,24,27)(H,26,28)/b25-21+. The predicted molar refractivity (Wildman–Crippen MR) is 114 cm³/mol. The van der Waals surface area contributed by atoms with Gasteiger partial charge >= 0.3 is 0 Å². The van der Waals surface area contributed by atoms with E-state index in [4.69, 9.17) is 0 Å². The Morgan fingerprint density at radius 1 is 0.964 bits per heavy atom. The molecule has 0 fully saturated rings. The van der Waals surface area contributed by atoms with Gasteiger partial charge in [-0.2, -0.15) is 5.10 Å². The fraction of sp³-hybridized carbons (Fsp3) is 0.348. The molecule has 2 aromatic rings. The van der Waals surface area contributed by atoms with E-state index in [1.807, 2.05) is 44.2 Å². The van der Waals surface area contributed by atoms with Crippen LogP contribution in [-0.2, 0) is 4.79 Å². The van der Waals surface area contributed by atoms with Gasteiger partial charge in [-0.3, -0.25) is 9.59 Å². The van der Waals surface area contributed by atoms with Crippen LogP contribution in [0, 0.1) is 5.92 Å². The zero-order chi connectivity index (χ0) is 20.4. The maximum absolute atomic E-state index is 12.4. The summed E-state index contributed by atoms with van der Waals surface area (Å²) in [7, 11) is 0. The third-order valence-electron chi connectivity index (χ3n) is 4.19. The lowest BCUT2D eigenvalue weighted by Crippen LogP contribution is -2.20. The average molecular weight is 380 g/mol. The Kier molecular flexibility index (Phi) is 8.40. The fourth-order valence-corrected chi connectivity index (χ4v) is 2.71. The van der Waals surface area contributed by atoms with Crippen LogP contribution in [0.1, 0.15) is 62.4 Å². The zero-order valence-corrected chi connectivity index (χ0v) is 16.9. The Balaban J connectivity index is 2.02. The molecule has 0 atom stereocenters. The molecule has 5 nitrogen and oxygen atoms in total. The van der Waals surface area contributed by atoms with E-state index in [9.17, 15) is 9.59 Å². The van der Waals surface area contributed by atoms with Crippen LogP contribution in [-0.4, -0.2) is 17.5 Å². The molecule has 0 saturated heterocycles. The monoisotopic (exact) mass is 379 g/mol. The number of carbonyl (C=O) groups excluding carboxylic acids is 2. The van der Waals surface area contributed by atoms with Crippen LogP contribution in [0.3, 0.4) is 0 Å². The van der Waals surface area contributed by atoms with Gasteiger partial charge in [0.2, 0.25) is 5.91 Å². The molecule has 0 radical (unpaired) electrons. The fourth-order valence-electron chi connectivity index (χ4n) is 2.71. The van der Waals surface area contributed by atoms with Gasteiger partial charge in [0.1, 0.15) is 0 Å². The van der Waals surface area contributed by atoms with Gasteiger partial charge in [-0.1, -0.05) is 57.5 Å². The second kappa shape index (κ2) is 11.0. The van der Waals surface area contributed by atoms with Crippen molar-refractivity contribution >= 4 is 23.2 Å². The van der Waals surface area contributed by atoms with Gasteiger partial charge in [-0.25, -0.2) is 5.43 Å². The number of nitrogens with one attached hydrogen (secondary N) is 2. The van der Waals surface area contributed by atoms with Gasteiger partial charge in [-0.05, 0) is 48.6 Å². The molecule has 0 bridgehead atoms. The van der Waals surface area contributed by atoms with Crippen LogP contribution in [0.25, 0.3) is 0 Å². The summed E-state index contributed by atoms with van der Waals surface area (Å²) < 4.78 is 0. The van der Waals surface area contributed by atoms with E-state index in [2.05, 4.69) is 22.8 Å². The zero-order valence-electron chi connectivity index (χ0n) is 16.9. The summed E-state index contributed by atoms with van der Waals surface area (Å²) in [4.78, 5) is 24.3. The predicted octanol–water partition coefficient (Wildman–Crippen LogP) is 5.00. The van der Waals surface area contributed by atoms with Crippen molar-refractivity contribution in [2.24, 2.45) is 11.0 Å². The van der Waals surface area contributed by atoms with Crippen molar-refractivity contribution in [2.45, 2.75) is 46.5 Å². The van der Waals surface area contributed by atoms with E-state index < -0.39 is 0 Å². The molecular weight excluding hydrogens is 350 g/mol. The van der Waals surface area contributed by atoms with Crippen molar-refractivity contribution in [2.75, 3.05) is 5.32 Å². The smallest absolute Gasteiger partial charge is 0.271 e. The van der Waals surface area contributed by atoms with E-state index in [0.29, 0.717) is 23.6 Å². The van der Waals surface area contributed by atoms with Crippen molar-refractivity contribution < 1.29 is 9.59 Å². The third kappa shape index (κ3) is 6.99. The summed E-state index contributed by atoms with van der Waals surface area (Å²) in [6, 6.07) is 16.7. The van der Waals surface area contributed by atoms with Crippen LogP contribution >= 0.6 is 0 Å². The lowest BCUT2D eigenvalue weighted by atomic mass is 10.1. The third-order valence-corrected chi connectivity index (χ3v) is 4.19. The van der Waals surface area contributed by atoms with Crippen LogP contribution in [0.5, 0.6) is 0 Å². The molecule has 0 saturated carbocycles.